The SMILES string of the molecule is C=S(C)c1ccc2oc(-c3nc(CC4CCN(C(=O)OC(C)(C)C)CC4)no3)cc2c1. The molecule has 2 aromatic heterocycles. The number of carbonyl (C=O) groups is 1. The number of likely N-dealkylation sites (tertiary alicyclic amines) is 1. The van der Waals surface area contributed by atoms with E-state index in [0.717, 1.165) is 30.2 Å². The Morgan fingerprint density at radius 3 is 2.71 bits per heavy atom. The van der Waals surface area contributed by atoms with Gasteiger partial charge >= 0.3 is 6.09 Å². The van der Waals surface area contributed by atoms with Gasteiger partial charge in [0.05, 0.1) is 0 Å². The lowest BCUT2D eigenvalue weighted by Gasteiger charge is -2.33. The minimum atomic E-state index is -0.473. The molecule has 1 unspecified atom stereocenters. The Labute approximate surface area is 184 Å². The predicted octanol–water partition coefficient (Wildman–Crippen LogP) is 5.36. The van der Waals surface area contributed by atoms with Crippen molar-refractivity contribution in [3.05, 3.63) is 30.1 Å². The molecular formula is C23H29N3O4S. The van der Waals surface area contributed by atoms with Crippen LogP contribution in [0.15, 0.2) is 38.1 Å². The first-order valence-corrected chi connectivity index (χ1v) is 12.3. The Morgan fingerprint density at radius 2 is 2.03 bits per heavy atom. The van der Waals surface area contributed by atoms with E-state index in [1.165, 1.54) is 4.90 Å². The third kappa shape index (κ3) is 5.18. The summed E-state index contributed by atoms with van der Waals surface area (Å²) >= 11 is 0. The van der Waals surface area contributed by atoms with Crippen LogP contribution < -0.4 is 0 Å². The molecule has 8 heteroatoms. The van der Waals surface area contributed by atoms with Gasteiger partial charge in [0, 0.05) is 29.8 Å². The highest BCUT2D eigenvalue weighted by Gasteiger charge is 2.28. The van der Waals surface area contributed by atoms with Gasteiger partial charge in [0.25, 0.3) is 5.89 Å². The first-order chi connectivity index (χ1) is 14.7. The van der Waals surface area contributed by atoms with Crippen molar-refractivity contribution in [1.29, 1.82) is 0 Å². The molecule has 1 saturated heterocycles. The highest BCUT2D eigenvalue weighted by Crippen LogP contribution is 2.31. The zero-order valence-electron chi connectivity index (χ0n) is 18.5. The number of benzene rings is 1. The van der Waals surface area contributed by atoms with Gasteiger partial charge in [-0.05, 0) is 70.1 Å². The molecule has 7 nitrogen and oxygen atoms in total. The number of hydrogen-bond acceptors (Lipinski definition) is 6. The van der Waals surface area contributed by atoms with Crippen LogP contribution in [-0.2, 0) is 11.2 Å². The number of amides is 1. The van der Waals surface area contributed by atoms with Gasteiger partial charge in [-0.15, -0.1) is 0 Å². The van der Waals surface area contributed by atoms with E-state index < -0.39 is 5.60 Å². The molecule has 0 spiro atoms. The summed E-state index contributed by atoms with van der Waals surface area (Å²) in [4.78, 5) is 19.7. The summed E-state index contributed by atoms with van der Waals surface area (Å²) in [5.41, 5.74) is 0.317. The normalized spacial score (nSPS) is 16.6. The summed E-state index contributed by atoms with van der Waals surface area (Å²) in [6, 6.07) is 8.02. The number of furan rings is 1. The van der Waals surface area contributed by atoms with Crippen molar-refractivity contribution in [2.75, 3.05) is 19.3 Å². The number of rotatable bonds is 4. The topological polar surface area (TPSA) is 81.6 Å². The lowest BCUT2D eigenvalue weighted by atomic mass is 9.93. The molecule has 0 saturated carbocycles. The molecule has 1 aromatic carbocycles. The summed E-state index contributed by atoms with van der Waals surface area (Å²) in [6.07, 6.45) is 4.34. The number of fused-ring (bicyclic) bond motifs is 1. The van der Waals surface area contributed by atoms with Crippen molar-refractivity contribution >= 4 is 33.4 Å². The fourth-order valence-corrected chi connectivity index (χ4v) is 4.31. The van der Waals surface area contributed by atoms with Gasteiger partial charge in [0.2, 0.25) is 0 Å². The molecule has 1 aliphatic rings. The standard InChI is InChI=1S/C23H29N3O4S/c1-23(2,3)29-22(27)26-10-8-15(9-11-26)12-20-24-21(30-25-20)19-14-16-13-17(31(4)5)6-7-18(16)28-19/h6-7,13-15H,4,8-12H2,1-3,5H3. The predicted molar refractivity (Wildman–Crippen MR) is 123 cm³/mol. The summed E-state index contributed by atoms with van der Waals surface area (Å²) in [7, 11) is -0.0569. The van der Waals surface area contributed by atoms with E-state index in [4.69, 9.17) is 13.7 Å². The molecule has 3 aromatic rings. The maximum Gasteiger partial charge on any atom is 0.410 e. The first-order valence-electron chi connectivity index (χ1n) is 10.5. The van der Waals surface area contributed by atoms with Crippen LogP contribution >= 0.6 is 10.5 Å². The van der Waals surface area contributed by atoms with Crippen LogP contribution in [0.2, 0.25) is 0 Å². The number of nitrogens with zero attached hydrogens (tertiary/aromatic N) is 3. The summed E-state index contributed by atoms with van der Waals surface area (Å²) < 4.78 is 16.8. The molecule has 1 atom stereocenters. The molecule has 0 N–H and O–H groups in total. The van der Waals surface area contributed by atoms with Crippen LogP contribution in [0, 0.1) is 5.92 Å². The lowest BCUT2D eigenvalue weighted by molar-refractivity contribution is 0.0183. The van der Waals surface area contributed by atoms with Crippen molar-refractivity contribution in [3.63, 3.8) is 0 Å². The smallest absolute Gasteiger partial charge is 0.410 e. The second kappa shape index (κ2) is 8.49. The zero-order chi connectivity index (χ0) is 22.2. The Kier molecular flexibility index (Phi) is 5.92. The molecule has 31 heavy (non-hydrogen) atoms. The monoisotopic (exact) mass is 443 g/mol. The number of hydrogen-bond donors (Lipinski definition) is 0. The average molecular weight is 444 g/mol. The lowest BCUT2D eigenvalue weighted by Crippen LogP contribution is -2.42. The Hall–Kier alpha value is -2.61. The highest BCUT2D eigenvalue weighted by molar-refractivity contribution is 8.13. The van der Waals surface area contributed by atoms with Crippen LogP contribution in [0.4, 0.5) is 4.79 Å². The van der Waals surface area contributed by atoms with Crippen molar-refractivity contribution in [2.45, 2.75) is 50.5 Å². The van der Waals surface area contributed by atoms with Gasteiger partial charge in [-0.3, -0.25) is 0 Å². The summed E-state index contributed by atoms with van der Waals surface area (Å²) in [5.74, 6) is 6.13. The number of piperidine rings is 1. The van der Waals surface area contributed by atoms with E-state index in [2.05, 4.69) is 28.3 Å². The first kappa shape index (κ1) is 21.6. The molecule has 4 rings (SSSR count). The molecule has 0 radical (unpaired) electrons. The second-order valence-corrected chi connectivity index (χ2v) is 10.8. The molecule has 1 amide bonds. The van der Waals surface area contributed by atoms with Crippen molar-refractivity contribution in [1.82, 2.24) is 15.0 Å². The fraction of sp³-hybridized carbons (Fsp3) is 0.478. The Morgan fingerprint density at radius 1 is 1.29 bits per heavy atom. The molecule has 166 valence electrons. The van der Waals surface area contributed by atoms with E-state index in [1.54, 1.807) is 4.90 Å². The van der Waals surface area contributed by atoms with Crippen molar-refractivity contribution in [2.24, 2.45) is 5.92 Å². The van der Waals surface area contributed by atoms with Crippen molar-refractivity contribution < 1.29 is 18.5 Å². The maximum absolute atomic E-state index is 12.2. The van der Waals surface area contributed by atoms with Gasteiger partial charge < -0.3 is 18.6 Å². The van der Waals surface area contributed by atoms with E-state index in [-0.39, 0.29) is 16.6 Å². The Bertz CT molecular complexity index is 1100. The van der Waals surface area contributed by atoms with E-state index in [1.807, 2.05) is 39.0 Å². The van der Waals surface area contributed by atoms with Gasteiger partial charge in [-0.1, -0.05) is 11.0 Å². The largest absolute Gasteiger partial charge is 0.451 e. The number of ether oxygens (including phenoxy) is 1. The van der Waals surface area contributed by atoms with Crippen LogP contribution in [0.3, 0.4) is 0 Å². The summed E-state index contributed by atoms with van der Waals surface area (Å²) in [6.45, 7) is 7.01. The van der Waals surface area contributed by atoms with Crippen LogP contribution in [0.25, 0.3) is 22.6 Å². The number of carbonyl (C=O) groups excluding carboxylic acids is 1. The average Bonchev–Trinajstić information content (AvgIpc) is 3.33. The molecule has 1 aliphatic heterocycles. The molecule has 3 heterocycles. The molecule has 0 aliphatic carbocycles. The van der Waals surface area contributed by atoms with Gasteiger partial charge in [-0.25, -0.2) is 4.79 Å². The van der Waals surface area contributed by atoms with E-state index >= 15 is 0 Å². The van der Waals surface area contributed by atoms with E-state index in [0.29, 0.717) is 36.5 Å². The summed E-state index contributed by atoms with van der Waals surface area (Å²) in [5, 5.41) is 5.15. The minimum absolute atomic E-state index is 0.0569. The second-order valence-electron chi connectivity index (χ2n) is 9.08. The maximum atomic E-state index is 12.2. The minimum Gasteiger partial charge on any atom is -0.451 e. The molecule has 1 fully saturated rings. The highest BCUT2D eigenvalue weighted by atomic mass is 32.2. The quantitative estimate of drug-likeness (QED) is 0.505. The van der Waals surface area contributed by atoms with Gasteiger partial charge in [0.15, 0.2) is 11.6 Å². The fourth-order valence-electron chi connectivity index (χ4n) is 3.68. The Balaban J connectivity index is 1.37. The van der Waals surface area contributed by atoms with Crippen LogP contribution in [0.5, 0.6) is 0 Å². The van der Waals surface area contributed by atoms with E-state index in [9.17, 15) is 4.79 Å². The zero-order valence-corrected chi connectivity index (χ0v) is 19.3. The van der Waals surface area contributed by atoms with Gasteiger partial charge in [0.1, 0.15) is 11.2 Å². The molecular weight excluding hydrogens is 414 g/mol. The van der Waals surface area contributed by atoms with Crippen LogP contribution in [0.1, 0.15) is 39.4 Å². The third-order valence-corrected chi connectivity index (χ3v) is 6.37. The van der Waals surface area contributed by atoms with Crippen molar-refractivity contribution in [3.8, 4) is 11.7 Å². The number of aromatic nitrogens is 2. The van der Waals surface area contributed by atoms with Gasteiger partial charge in [-0.2, -0.15) is 15.5 Å². The van der Waals surface area contributed by atoms with Crippen LogP contribution in [-0.4, -0.2) is 52.0 Å². The molecule has 0 bridgehead atoms. The third-order valence-electron chi connectivity index (χ3n) is 5.31.